The normalized spacial score (nSPS) is 13.5. The second-order valence-electron chi connectivity index (χ2n) is 30.7. The number of anilines is 6. The summed E-state index contributed by atoms with van der Waals surface area (Å²) in [6, 6.07) is 125. The summed E-state index contributed by atoms with van der Waals surface area (Å²) < 4.78 is 0. The summed E-state index contributed by atoms with van der Waals surface area (Å²) in [5.41, 5.74) is 35.0. The van der Waals surface area contributed by atoms with Crippen molar-refractivity contribution in [3.8, 4) is 77.9 Å². The van der Waals surface area contributed by atoms with Gasteiger partial charge in [0, 0.05) is 45.0 Å². The summed E-state index contributed by atoms with van der Waals surface area (Å²) in [5.74, 6) is 0. The van der Waals surface area contributed by atoms with Crippen LogP contribution in [0.15, 0.2) is 328 Å². The molecule has 2 heterocycles. The molecule has 0 unspecified atom stereocenters. The largest absolute Gasteiger partial charge is 0.310 e. The Hall–Kier alpha value is -11.3. The molecule has 14 aromatic carbocycles. The number of fused-ring (bicyclic) bond motifs is 7. The Labute approximate surface area is 591 Å². The van der Waals surface area contributed by atoms with Gasteiger partial charge in [-0.05, 0) is 164 Å². The van der Waals surface area contributed by atoms with E-state index in [1.165, 1.54) is 100.0 Å². The maximum absolute atomic E-state index is 2.75. The zero-order valence-electron chi connectivity index (χ0n) is 58.6. The molecule has 2 nitrogen and oxygen atoms in total. The van der Waals surface area contributed by atoms with E-state index < -0.39 is 5.41 Å². The van der Waals surface area contributed by atoms with Crippen molar-refractivity contribution in [2.45, 2.75) is 84.0 Å². The van der Waals surface area contributed by atoms with Gasteiger partial charge in [-0.2, -0.15) is 0 Å². The fraction of sp³-hybridized carbons (Fsp3) is 0.134. The van der Waals surface area contributed by atoms with Crippen LogP contribution in [0.2, 0.25) is 0 Å². The van der Waals surface area contributed by atoms with Crippen molar-refractivity contribution >= 4 is 57.2 Å². The van der Waals surface area contributed by atoms with E-state index in [4.69, 9.17) is 0 Å². The fourth-order valence-corrected chi connectivity index (χ4v) is 16.6. The number of nitrogens with zero attached hydrogens (tertiary/aromatic N) is 2. The van der Waals surface area contributed by atoms with E-state index >= 15 is 0 Å². The van der Waals surface area contributed by atoms with Crippen molar-refractivity contribution in [1.82, 2.24) is 0 Å². The predicted molar refractivity (Wildman–Crippen MR) is 426 cm³/mol. The lowest BCUT2D eigenvalue weighted by atomic mass is 9.33. The average molecular weight is 1290 g/mol. The van der Waals surface area contributed by atoms with E-state index in [-0.39, 0.29) is 23.0 Å². The van der Waals surface area contributed by atoms with E-state index in [2.05, 4.69) is 400 Å². The third-order valence-corrected chi connectivity index (χ3v) is 21.6. The molecule has 0 saturated heterocycles. The zero-order chi connectivity index (χ0) is 68.2. The van der Waals surface area contributed by atoms with E-state index in [0.29, 0.717) is 0 Å². The fourth-order valence-electron chi connectivity index (χ4n) is 16.6. The van der Waals surface area contributed by atoms with Crippen molar-refractivity contribution in [1.29, 1.82) is 0 Å². The van der Waals surface area contributed by atoms with Gasteiger partial charge in [0.2, 0.25) is 0 Å². The SMILES string of the molecule is CC(C)(C)c1ccc(-c2ccc3c(c2)B2c4ccc(-c5cccc6c5C(c5ccccc5)(c5ccccc5)c5ccccc5-6)cc4N(c4c(-c5ccccc5)cc(C(C)(C)C)cc4-c4ccccc4)c4cc(C(C)(C)C)cc(c42)N3c2c(-c3ccccc3)cccc2-c2ccccc2)cc1. The average Bonchev–Trinajstić information content (AvgIpc) is 1.16. The Balaban J connectivity index is 1.04. The van der Waals surface area contributed by atoms with Crippen LogP contribution in [0.5, 0.6) is 0 Å². The predicted octanol–water partition coefficient (Wildman–Crippen LogP) is 24.0. The second kappa shape index (κ2) is 24.0. The van der Waals surface area contributed by atoms with Crippen molar-refractivity contribution < 1.29 is 0 Å². The first-order chi connectivity index (χ1) is 48.5. The highest BCUT2D eigenvalue weighted by atomic mass is 15.2. The van der Waals surface area contributed by atoms with Crippen LogP contribution in [-0.2, 0) is 21.7 Å². The summed E-state index contributed by atoms with van der Waals surface area (Å²) in [7, 11) is 0. The first kappa shape index (κ1) is 62.3. The first-order valence-corrected chi connectivity index (χ1v) is 35.6. The van der Waals surface area contributed by atoms with Gasteiger partial charge in [0.25, 0.3) is 6.71 Å². The Morgan fingerprint density at radius 2 is 0.650 bits per heavy atom. The van der Waals surface area contributed by atoms with Crippen LogP contribution in [0.1, 0.15) is 101 Å². The van der Waals surface area contributed by atoms with Gasteiger partial charge in [-0.3, -0.25) is 0 Å². The van der Waals surface area contributed by atoms with Gasteiger partial charge in [0.15, 0.2) is 0 Å². The van der Waals surface area contributed by atoms with E-state index in [1.807, 2.05) is 0 Å². The third kappa shape index (κ3) is 10.2. The molecule has 0 fully saturated rings. The molecule has 0 aromatic heterocycles. The third-order valence-electron chi connectivity index (χ3n) is 21.6. The van der Waals surface area contributed by atoms with Crippen LogP contribution in [-0.4, -0.2) is 6.71 Å². The highest BCUT2D eigenvalue weighted by molar-refractivity contribution is 7.00. The van der Waals surface area contributed by atoms with E-state index in [9.17, 15) is 0 Å². The molecule has 482 valence electrons. The van der Waals surface area contributed by atoms with E-state index in [0.717, 1.165) is 67.4 Å². The van der Waals surface area contributed by atoms with E-state index in [1.54, 1.807) is 0 Å². The van der Waals surface area contributed by atoms with Gasteiger partial charge >= 0.3 is 0 Å². The molecule has 0 N–H and O–H groups in total. The van der Waals surface area contributed by atoms with Crippen LogP contribution in [0.25, 0.3) is 77.9 Å². The molecule has 17 rings (SSSR count). The Kier molecular flexibility index (Phi) is 15.0. The summed E-state index contributed by atoms with van der Waals surface area (Å²) in [6.45, 7) is 21.0. The van der Waals surface area contributed by atoms with Crippen molar-refractivity contribution in [2.75, 3.05) is 9.80 Å². The monoisotopic (exact) mass is 1280 g/mol. The minimum Gasteiger partial charge on any atom is -0.310 e. The van der Waals surface area contributed by atoms with Crippen molar-refractivity contribution in [2.24, 2.45) is 0 Å². The minimum atomic E-state index is -0.643. The van der Waals surface area contributed by atoms with Gasteiger partial charge < -0.3 is 9.80 Å². The molecular weight excluding hydrogens is 1200 g/mol. The van der Waals surface area contributed by atoms with Gasteiger partial charge in [-0.15, -0.1) is 0 Å². The van der Waals surface area contributed by atoms with Gasteiger partial charge in [0.05, 0.1) is 16.8 Å². The topological polar surface area (TPSA) is 6.48 Å². The number of hydrogen-bond acceptors (Lipinski definition) is 2. The number of rotatable bonds is 10. The first-order valence-electron chi connectivity index (χ1n) is 35.6. The second-order valence-corrected chi connectivity index (χ2v) is 30.7. The van der Waals surface area contributed by atoms with Crippen LogP contribution in [0, 0.1) is 0 Å². The lowest BCUT2D eigenvalue weighted by Crippen LogP contribution is -2.61. The van der Waals surface area contributed by atoms with Crippen molar-refractivity contribution in [3.05, 3.63) is 367 Å². The van der Waals surface area contributed by atoms with Gasteiger partial charge in [-0.1, -0.05) is 353 Å². The lowest BCUT2D eigenvalue weighted by Gasteiger charge is -2.46. The Bertz CT molecular complexity index is 5290. The Morgan fingerprint density at radius 3 is 1.16 bits per heavy atom. The molecule has 2 aliphatic heterocycles. The number of benzene rings is 14. The zero-order valence-corrected chi connectivity index (χ0v) is 58.6. The lowest BCUT2D eigenvalue weighted by molar-refractivity contribution is 0.590. The van der Waals surface area contributed by atoms with Crippen molar-refractivity contribution in [3.63, 3.8) is 0 Å². The molecule has 14 aromatic rings. The summed E-state index contributed by atoms with van der Waals surface area (Å²) >= 11 is 0. The molecule has 0 bridgehead atoms. The highest BCUT2D eigenvalue weighted by Gasteiger charge is 2.50. The van der Waals surface area contributed by atoms with Gasteiger partial charge in [0.1, 0.15) is 0 Å². The molecule has 0 amide bonds. The Morgan fingerprint density at radius 1 is 0.250 bits per heavy atom. The molecule has 100 heavy (non-hydrogen) atoms. The summed E-state index contributed by atoms with van der Waals surface area (Å²) in [6.07, 6.45) is 0. The molecular formula is C97H81BN2. The molecule has 3 heteroatoms. The maximum atomic E-state index is 2.75. The smallest absolute Gasteiger partial charge is 0.252 e. The van der Waals surface area contributed by atoms with Crippen LogP contribution in [0.4, 0.5) is 34.1 Å². The standard InChI is InChI=1S/C97H81BN2/c1-94(2,3)71-54-50-64(51-55-71)69-53-57-86-85(58-69)98-84-56-52-70(76-45-30-48-80-79-44-28-29-49-83(79)97(90(76)80,72-40-24-14-25-41-72)73-42-26-15-27-43-73)59-87(84)100(93-81(67-36-20-12-21-37-67)60-74(95(4,5)6)61-82(93)68-38-22-13-23-39-68)89-63-75(96(7,8)9)62-88(91(89)98)99(86)92-77(65-32-16-10-17-33-65)46-31-47-78(92)66-34-18-11-19-35-66/h10-63H,1-9H3. The molecule has 0 spiro atoms. The highest BCUT2D eigenvalue weighted by Crippen LogP contribution is 2.60. The number of para-hydroxylation sites is 1. The molecule has 3 aliphatic rings. The molecule has 0 atom stereocenters. The minimum absolute atomic E-state index is 0.00224. The molecule has 0 radical (unpaired) electrons. The quantitative estimate of drug-likeness (QED) is 0.126. The molecule has 0 saturated carbocycles. The van der Waals surface area contributed by atoms with Crippen LogP contribution >= 0.6 is 0 Å². The maximum Gasteiger partial charge on any atom is 0.252 e. The van der Waals surface area contributed by atoms with Crippen LogP contribution in [0.3, 0.4) is 0 Å². The van der Waals surface area contributed by atoms with Gasteiger partial charge in [-0.25, -0.2) is 0 Å². The summed E-state index contributed by atoms with van der Waals surface area (Å²) in [5, 5.41) is 0. The van der Waals surface area contributed by atoms with Crippen LogP contribution < -0.4 is 26.2 Å². The number of hydrogen-bond donors (Lipinski definition) is 0. The molecule has 1 aliphatic carbocycles. The summed E-state index contributed by atoms with van der Waals surface area (Å²) in [4.78, 5) is 5.44.